The van der Waals surface area contributed by atoms with E-state index in [9.17, 15) is 13.2 Å². The summed E-state index contributed by atoms with van der Waals surface area (Å²) in [4.78, 5) is 11.9. The highest BCUT2D eigenvalue weighted by molar-refractivity contribution is 7.89. The van der Waals surface area contributed by atoms with Crippen molar-refractivity contribution in [3.05, 3.63) is 53.4 Å². The molecule has 0 radical (unpaired) electrons. The van der Waals surface area contributed by atoms with E-state index in [2.05, 4.69) is 15.2 Å². The van der Waals surface area contributed by atoms with Crippen LogP contribution >= 0.6 is 11.3 Å². The maximum atomic E-state index is 12.4. The molecule has 2 aromatic carbocycles. The first-order valence-corrected chi connectivity index (χ1v) is 10.8. The Bertz CT molecular complexity index is 1160. The number of fused-ring (bicyclic) bond motifs is 1. The van der Waals surface area contributed by atoms with Crippen LogP contribution in [0.5, 0.6) is 11.5 Å². The number of ether oxygens (including phenoxy) is 2. The summed E-state index contributed by atoms with van der Waals surface area (Å²) in [6.07, 6.45) is 1.53. The Morgan fingerprint density at radius 1 is 1.14 bits per heavy atom. The van der Waals surface area contributed by atoms with Crippen molar-refractivity contribution < 1.29 is 22.7 Å². The summed E-state index contributed by atoms with van der Waals surface area (Å²) in [7, 11) is -1.05. The average Bonchev–Trinajstić information content (AvgIpc) is 3.15. The fourth-order valence-corrected chi connectivity index (χ4v) is 4.45. The minimum Gasteiger partial charge on any atom is -0.493 e. The molecule has 2 N–H and O–H groups in total. The van der Waals surface area contributed by atoms with Crippen LogP contribution in [-0.2, 0) is 14.8 Å². The van der Waals surface area contributed by atoms with Crippen LogP contribution in [0.3, 0.4) is 0 Å². The van der Waals surface area contributed by atoms with Crippen molar-refractivity contribution in [1.82, 2.24) is 10.1 Å². The SMILES string of the molecule is COc1ccc(S(=O)(=O)NCC(=O)NN=Cc2csc3ccccc23)cc1OC. The van der Waals surface area contributed by atoms with E-state index in [-0.39, 0.29) is 10.6 Å². The number of hydrogen-bond acceptors (Lipinski definition) is 7. The largest absolute Gasteiger partial charge is 0.493 e. The van der Waals surface area contributed by atoms with E-state index in [0.29, 0.717) is 5.75 Å². The summed E-state index contributed by atoms with van der Waals surface area (Å²) in [5.74, 6) is 0.0803. The van der Waals surface area contributed by atoms with Crippen molar-refractivity contribution in [2.75, 3.05) is 20.8 Å². The molecule has 0 aliphatic rings. The van der Waals surface area contributed by atoms with Gasteiger partial charge in [-0.2, -0.15) is 5.10 Å². The highest BCUT2D eigenvalue weighted by Gasteiger charge is 2.18. The lowest BCUT2D eigenvalue weighted by Crippen LogP contribution is -2.34. The second-order valence-electron chi connectivity index (χ2n) is 5.82. The molecule has 0 saturated heterocycles. The van der Waals surface area contributed by atoms with Gasteiger partial charge in [-0.3, -0.25) is 4.79 Å². The number of nitrogens with one attached hydrogen (secondary N) is 2. The monoisotopic (exact) mass is 433 g/mol. The number of nitrogens with zero attached hydrogens (tertiary/aromatic N) is 1. The number of rotatable bonds is 8. The van der Waals surface area contributed by atoms with Gasteiger partial charge < -0.3 is 9.47 Å². The van der Waals surface area contributed by atoms with Crippen molar-refractivity contribution in [3.8, 4) is 11.5 Å². The summed E-state index contributed by atoms with van der Waals surface area (Å²) in [6, 6.07) is 12.0. The minimum atomic E-state index is -3.91. The van der Waals surface area contributed by atoms with Gasteiger partial charge >= 0.3 is 0 Å². The Hall–Kier alpha value is -2.95. The number of methoxy groups -OCH3 is 2. The number of hydrazone groups is 1. The molecule has 1 aromatic heterocycles. The molecule has 0 spiro atoms. The molecule has 0 bridgehead atoms. The van der Waals surface area contributed by atoms with Gasteiger partial charge in [0.2, 0.25) is 10.0 Å². The lowest BCUT2D eigenvalue weighted by molar-refractivity contribution is -0.119. The number of carbonyl (C=O) groups excluding carboxylic acids is 1. The van der Waals surface area contributed by atoms with E-state index in [1.807, 2.05) is 29.6 Å². The van der Waals surface area contributed by atoms with Crippen molar-refractivity contribution in [3.63, 3.8) is 0 Å². The Labute approximate surface area is 172 Å². The van der Waals surface area contributed by atoms with E-state index < -0.39 is 22.5 Å². The average molecular weight is 434 g/mol. The van der Waals surface area contributed by atoms with Gasteiger partial charge in [-0.05, 0) is 18.2 Å². The Kier molecular flexibility index (Phi) is 6.47. The summed E-state index contributed by atoms with van der Waals surface area (Å²) < 4.78 is 38.3. The molecule has 1 heterocycles. The zero-order valence-electron chi connectivity index (χ0n) is 15.7. The molecule has 1 amide bonds. The summed E-state index contributed by atoms with van der Waals surface area (Å²) in [5, 5.41) is 6.86. The van der Waals surface area contributed by atoms with Crippen LogP contribution < -0.4 is 19.6 Å². The van der Waals surface area contributed by atoms with Gasteiger partial charge in [0, 0.05) is 27.1 Å². The van der Waals surface area contributed by atoms with Crippen LogP contribution in [0, 0.1) is 0 Å². The van der Waals surface area contributed by atoms with Gasteiger partial charge in [0.1, 0.15) is 0 Å². The standard InChI is InChI=1S/C19H19N3O5S2/c1-26-16-8-7-14(9-17(16)27-2)29(24,25)21-11-19(23)22-20-10-13-12-28-18-6-4-3-5-15(13)18/h3-10,12,21H,11H2,1-2H3,(H,22,23). The number of amides is 1. The molecule has 10 heteroatoms. The minimum absolute atomic E-state index is 0.0452. The Morgan fingerprint density at radius 2 is 1.90 bits per heavy atom. The quantitative estimate of drug-likeness (QED) is 0.419. The maximum absolute atomic E-state index is 12.4. The van der Waals surface area contributed by atoms with Gasteiger partial charge in [0.25, 0.3) is 5.91 Å². The third-order valence-corrected chi connectivity index (χ3v) is 6.37. The van der Waals surface area contributed by atoms with Gasteiger partial charge in [-0.1, -0.05) is 18.2 Å². The zero-order chi connectivity index (χ0) is 20.9. The topological polar surface area (TPSA) is 106 Å². The lowest BCUT2D eigenvalue weighted by Gasteiger charge is -2.10. The molecule has 0 fully saturated rings. The Morgan fingerprint density at radius 3 is 2.66 bits per heavy atom. The maximum Gasteiger partial charge on any atom is 0.255 e. The smallest absolute Gasteiger partial charge is 0.255 e. The highest BCUT2D eigenvalue weighted by atomic mass is 32.2. The van der Waals surface area contributed by atoms with Crippen molar-refractivity contribution >= 4 is 43.6 Å². The molecule has 152 valence electrons. The summed E-state index contributed by atoms with van der Waals surface area (Å²) in [6.45, 7) is -0.460. The van der Waals surface area contributed by atoms with E-state index >= 15 is 0 Å². The van der Waals surface area contributed by atoms with E-state index in [1.165, 1.54) is 38.6 Å². The van der Waals surface area contributed by atoms with Crippen LogP contribution in [-0.4, -0.2) is 41.3 Å². The number of benzene rings is 2. The van der Waals surface area contributed by atoms with Crippen LogP contribution in [0.4, 0.5) is 0 Å². The first-order chi connectivity index (χ1) is 13.9. The molecule has 0 aliphatic carbocycles. The van der Waals surface area contributed by atoms with Crippen molar-refractivity contribution in [1.29, 1.82) is 0 Å². The van der Waals surface area contributed by atoms with Gasteiger partial charge in [0.15, 0.2) is 11.5 Å². The van der Waals surface area contributed by atoms with Crippen LogP contribution in [0.25, 0.3) is 10.1 Å². The van der Waals surface area contributed by atoms with Crippen LogP contribution in [0.1, 0.15) is 5.56 Å². The number of sulfonamides is 1. The summed E-state index contributed by atoms with van der Waals surface area (Å²) >= 11 is 1.57. The number of thiophene rings is 1. The summed E-state index contributed by atoms with van der Waals surface area (Å²) in [5.41, 5.74) is 3.19. The molecule has 0 atom stereocenters. The molecule has 3 rings (SSSR count). The van der Waals surface area contributed by atoms with Gasteiger partial charge in [-0.25, -0.2) is 18.6 Å². The normalized spacial score (nSPS) is 11.7. The van der Waals surface area contributed by atoms with Crippen molar-refractivity contribution in [2.45, 2.75) is 4.90 Å². The molecule has 3 aromatic rings. The number of carbonyl (C=O) groups is 1. The predicted molar refractivity (Wildman–Crippen MR) is 112 cm³/mol. The predicted octanol–water partition coefficient (Wildman–Crippen LogP) is 2.35. The Balaban J connectivity index is 1.59. The first kappa shape index (κ1) is 20.8. The van der Waals surface area contributed by atoms with Crippen LogP contribution in [0.15, 0.2) is 57.8 Å². The molecular weight excluding hydrogens is 414 g/mol. The van der Waals surface area contributed by atoms with Gasteiger partial charge in [-0.15, -0.1) is 11.3 Å². The first-order valence-electron chi connectivity index (χ1n) is 8.44. The highest BCUT2D eigenvalue weighted by Crippen LogP contribution is 2.29. The fourth-order valence-electron chi connectivity index (χ4n) is 2.54. The second kappa shape index (κ2) is 9.03. The molecule has 0 aliphatic heterocycles. The fraction of sp³-hybridized carbons (Fsp3) is 0.158. The van der Waals surface area contributed by atoms with Crippen molar-refractivity contribution in [2.24, 2.45) is 5.10 Å². The second-order valence-corrected chi connectivity index (χ2v) is 8.50. The van der Waals surface area contributed by atoms with E-state index in [1.54, 1.807) is 11.3 Å². The van der Waals surface area contributed by atoms with Crippen LogP contribution in [0.2, 0.25) is 0 Å². The molecule has 29 heavy (non-hydrogen) atoms. The molecule has 0 unspecified atom stereocenters. The van der Waals surface area contributed by atoms with E-state index in [4.69, 9.17) is 9.47 Å². The zero-order valence-corrected chi connectivity index (χ0v) is 17.3. The van der Waals surface area contributed by atoms with Gasteiger partial charge in [0.05, 0.1) is 31.9 Å². The molecule has 0 saturated carbocycles. The lowest BCUT2D eigenvalue weighted by atomic mass is 10.2. The molecule has 8 nitrogen and oxygen atoms in total. The third kappa shape index (κ3) is 4.91. The number of hydrogen-bond donors (Lipinski definition) is 2. The third-order valence-electron chi connectivity index (χ3n) is 3.99. The van der Waals surface area contributed by atoms with E-state index in [0.717, 1.165) is 15.6 Å². The molecular formula is C19H19N3O5S2.